The Morgan fingerprint density at radius 2 is 1.65 bits per heavy atom. The molecule has 0 saturated carbocycles. The maximum atomic E-state index is 12.6. The number of piperazine rings is 1. The molecule has 1 amide bonds. The van der Waals surface area contributed by atoms with Gasteiger partial charge in [-0.3, -0.25) is 9.69 Å². The third kappa shape index (κ3) is 5.49. The van der Waals surface area contributed by atoms with Crippen molar-refractivity contribution in [2.75, 3.05) is 31.1 Å². The molecule has 1 fully saturated rings. The van der Waals surface area contributed by atoms with Gasteiger partial charge < -0.3 is 10.2 Å². The Morgan fingerprint density at radius 1 is 0.968 bits per heavy atom. The summed E-state index contributed by atoms with van der Waals surface area (Å²) in [6.07, 6.45) is 3.23. The van der Waals surface area contributed by atoms with Crippen LogP contribution in [-0.2, 0) is 13.1 Å². The molecule has 2 heterocycles. The second kappa shape index (κ2) is 9.75. The minimum Gasteiger partial charge on any atom is -0.369 e. The highest BCUT2D eigenvalue weighted by Crippen LogP contribution is 2.18. The summed E-state index contributed by atoms with van der Waals surface area (Å²) in [6, 6.07) is 16.7. The molecule has 0 spiro atoms. The molecule has 1 aliphatic rings. The Hall–Kier alpha value is -3.19. The third-order valence-corrected chi connectivity index (χ3v) is 5.83. The van der Waals surface area contributed by atoms with Crippen molar-refractivity contribution in [1.29, 1.82) is 0 Å². The standard InChI is InChI=1S/C24H30N6O/c1-19(2)28-11-13-29(14-12-28)23-9-7-22(8-10-23)24(31)26-15-20-3-5-21(6-4-20)16-30-18-25-17-27-30/h3-10,17-19H,11-16H2,1-2H3,(H,26,31). The monoisotopic (exact) mass is 418 g/mol. The molecule has 0 aliphatic carbocycles. The van der Waals surface area contributed by atoms with Crippen molar-refractivity contribution in [2.24, 2.45) is 0 Å². The first-order chi connectivity index (χ1) is 15.1. The van der Waals surface area contributed by atoms with Crippen LogP contribution in [0.4, 0.5) is 5.69 Å². The topological polar surface area (TPSA) is 66.3 Å². The normalized spacial score (nSPS) is 14.7. The lowest BCUT2D eigenvalue weighted by Crippen LogP contribution is -2.48. The largest absolute Gasteiger partial charge is 0.369 e. The molecule has 2 aromatic carbocycles. The van der Waals surface area contributed by atoms with Gasteiger partial charge in [-0.15, -0.1) is 0 Å². The van der Waals surface area contributed by atoms with Crippen LogP contribution >= 0.6 is 0 Å². The molecule has 7 nitrogen and oxygen atoms in total. The van der Waals surface area contributed by atoms with E-state index in [1.54, 1.807) is 11.0 Å². The molecule has 0 bridgehead atoms. The molecule has 3 aromatic rings. The van der Waals surface area contributed by atoms with E-state index in [9.17, 15) is 4.79 Å². The van der Waals surface area contributed by atoms with Crippen molar-refractivity contribution in [3.63, 3.8) is 0 Å². The number of rotatable bonds is 7. The van der Waals surface area contributed by atoms with Gasteiger partial charge in [-0.25, -0.2) is 9.67 Å². The van der Waals surface area contributed by atoms with E-state index in [-0.39, 0.29) is 5.91 Å². The second-order valence-corrected chi connectivity index (χ2v) is 8.26. The third-order valence-electron chi connectivity index (χ3n) is 5.83. The molecule has 4 rings (SSSR count). The number of aromatic nitrogens is 3. The first-order valence-corrected chi connectivity index (χ1v) is 10.9. The van der Waals surface area contributed by atoms with Crippen LogP contribution in [0.2, 0.25) is 0 Å². The van der Waals surface area contributed by atoms with Gasteiger partial charge in [-0.1, -0.05) is 24.3 Å². The summed E-state index contributed by atoms with van der Waals surface area (Å²) in [5.41, 5.74) is 4.08. The van der Waals surface area contributed by atoms with E-state index in [1.165, 1.54) is 12.0 Å². The molecule has 1 aliphatic heterocycles. The molecule has 1 aromatic heterocycles. The van der Waals surface area contributed by atoms with Crippen LogP contribution in [0.1, 0.15) is 35.3 Å². The molecular weight excluding hydrogens is 388 g/mol. The summed E-state index contributed by atoms with van der Waals surface area (Å²) in [7, 11) is 0. The number of amides is 1. The summed E-state index contributed by atoms with van der Waals surface area (Å²) in [5.74, 6) is -0.0529. The van der Waals surface area contributed by atoms with Gasteiger partial charge >= 0.3 is 0 Å². The molecule has 0 unspecified atom stereocenters. The first kappa shape index (κ1) is 21.1. The number of hydrogen-bond donors (Lipinski definition) is 1. The maximum absolute atomic E-state index is 12.6. The van der Waals surface area contributed by atoms with Gasteiger partial charge in [0.1, 0.15) is 12.7 Å². The van der Waals surface area contributed by atoms with Crippen LogP contribution in [0.25, 0.3) is 0 Å². The highest BCUT2D eigenvalue weighted by molar-refractivity contribution is 5.94. The fourth-order valence-electron chi connectivity index (χ4n) is 3.87. The Bertz CT molecular complexity index is 958. The Kier molecular flexibility index (Phi) is 6.62. The maximum Gasteiger partial charge on any atom is 0.251 e. The van der Waals surface area contributed by atoms with Crippen molar-refractivity contribution in [3.05, 3.63) is 77.9 Å². The van der Waals surface area contributed by atoms with E-state index < -0.39 is 0 Å². The molecule has 7 heteroatoms. The van der Waals surface area contributed by atoms with Gasteiger partial charge in [-0.2, -0.15) is 5.10 Å². The second-order valence-electron chi connectivity index (χ2n) is 8.26. The number of carbonyl (C=O) groups is 1. The Balaban J connectivity index is 1.27. The zero-order chi connectivity index (χ0) is 21.6. The van der Waals surface area contributed by atoms with Gasteiger partial charge in [0.05, 0.1) is 6.54 Å². The average Bonchev–Trinajstić information content (AvgIpc) is 3.32. The van der Waals surface area contributed by atoms with Crippen LogP contribution in [0.3, 0.4) is 0 Å². The lowest BCUT2D eigenvalue weighted by atomic mass is 10.1. The van der Waals surface area contributed by atoms with Crippen molar-refractivity contribution >= 4 is 11.6 Å². The number of nitrogens with one attached hydrogen (secondary N) is 1. The predicted octanol–water partition coefficient (Wildman–Crippen LogP) is 2.79. The van der Waals surface area contributed by atoms with Crippen molar-refractivity contribution in [2.45, 2.75) is 33.0 Å². The number of benzene rings is 2. The Labute approximate surface area is 183 Å². The quantitative estimate of drug-likeness (QED) is 0.639. The molecular formula is C24H30N6O. The van der Waals surface area contributed by atoms with E-state index in [0.29, 0.717) is 24.7 Å². The van der Waals surface area contributed by atoms with E-state index >= 15 is 0 Å². The van der Waals surface area contributed by atoms with Gasteiger partial charge in [-0.05, 0) is 49.2 Å². The average molecular weight is 419 g/mol. The van der Waals surface area contributed by atoms with Crippen LogP contribution in [-0.4, -0.2) is 57.8 Å². The Morgan fingerprint density at radius 3 is 2.26 bits per heavy atom. The van der Waals surface area contributed by atoms with Crippen LogP contribution in [0, 0.1) is 0 Å². The van der Waals surface area contributed by atoms with Crippen molar-refractivity contribution in [3.8, 4) is 0 Å². The minimum absolute atomic E-state index is 0.0529. The van der Waals surface area contributed by atoms with E-state index in [2.05, 4.69) is 63.3 Å². The van der Waals surface area contributed by atoms with E-state index in [1.807, 2.05) is 24.3 Å². The van der Waals surface area contributed by atoms with Crippen molar-refractivity contribution in [1.82, 2.24) is 25.0 Å². The smallest absolute Gasteiger partial charge is 0.251 e. The summed E-state index contributed by atoms with van der Waals surface area (Å²) >= 11 is 0. The van der Waals surface area contributed by atoms with Crippen LogP contribution in [0.15, 0.2) is 61.2 Å². The van der Waals surface area contributed by atoms with Gasteiger partial charge in [0.2, 0.25) is 0 Å². The number of nitrogens with zero attached hydrogens (tertiary/aromatic N) is 5. The SMILES string of the molecule is CC(C)N1CCN(c2ccc(C(=O)NCc3ccc(Cn4cncn4)cc3)cc2)CC1. The molecule has 1 N–H and O–H groups in total. The van der Waals surface area contributed by atoms with Crippen LogP contribution < -0.4 is 10.2 Å². The molecule has 162 valence electrons. The van der Waals surface area contributed by atoms with E-state index in [4.69, 9.17) is 0 Å². The zero-order valence-electron chi connectivity index (χ0n) is 18.2. The summed E-state index contributed by atoms with van der Waals surface area (Å²) in [5, 5.41) is 7.13. The predicted molar refractivity (Wildman–Crippen MR) is 122 cm³/mol. The molecule has 0 radical (unpaired) electrons. The molecule has 0 atom stereocenters. The van der Waals surface area contributed by atoms with E-state index in [0.717, 1.165) is 37.3 Å². The van der Waals surface area contributed by atoms with Gasteiger partial charge in [0, 0.05) is 50.0 Å². The number of hydrogen-bond acceptors (Lipinski definition) is 5. The highest BCUT2D eigenvalue weighted by Gasteiger charge is 2.19. The van der Waals surface area contributed by atoms with Crippen LogP contribution in [0.5, 0.6) is 0 Å². The zero-order valence-corrected chi connectivity index (χ0v) is 18.2. The lowest BCUT2D eigenvalue weighted by molar-refractivity contribution is 0.0951. The summed E-state index contributed by atoms with van der Waals surface area (Å²) in [4.78, 5) is 21.4. The highest BCUT2D eigenvalue weighted by atomic mass is 16.1. The van der Waals surface area contributed by atoms with Gasteiger partial charge in [0.25, 0.3) is 5.91 Å². The molecule has 31 heavy (non-hydrogen) atoms. The van der Waals surface area contributed by atoms with Crippen molar-refractivity contribution < 1.29 is 4.79 Å². The number of carbonyl (C=O) groups excluding carboxylic acids is 1. The fraction of sp³-hybridized carbons (Fsp3) is 0.375. The summed E-state index contributed by atoms with van der Waals surface area (Å²) in [6.45, 7) is 9.89. The lowest BCUT2D eigenvalue weighted by Gasteiger charge is -2.38. The molecule has 1 saturated heterocycles. The van der Waals surface area contributed by atoms with Gasteiger partial charge in [0.15, 0.2) is 0 Å². The number of anilines is 1. The summed E-state index contributed by atoms with van der Waals surface area (Å²) < 4.78 is 1.78. The first-order valence-electron chi connectivity index (χ1n) is 10.9. The fourth-order valence-corrected chi connectivity index (χ4v) is 3.87. The minimum atomic E-state index is -0.0529.